The molecule has 0 aliphatic carbocycles. The molecule has 14 heavy (non-hydrogen) atoms. The van der Waals surface area contributed by atoms with E-state index in [0.717, 1.165) is 0 Å². The highest BCUT2D eigenvalue weighted by Gasteiger charge is 2.19. The summed E-state index contributed by atoms with van der Waals surface area (Å²) in [4.78, 5) is 11.1. The van der Waals surface area contributed by atoms with E-state index in [1.807, 2.05) is 0 Å². The van der Waals surface area contributed by atoms with Crippen molar-refractivity contribution in [3.05, 3.63) is 33.8 Å². The third-order valence-electron chi connectivity index (χ3n) is 1.77. The first-order valence-electron chi connectivity index (χ1n) is 3.85. The Hall–Kier alpha value is -0.770. The van der Waals surface area contributed by atoms with Gasteiger partial charge in [-0.05, 0) is 6.07 Å². The van der Waals surface area contributed by atoms with Crippen molar-refractivity contribution in [1.29, 1.82) is 0 Å². The molecule has 0 saturated carbocycles. The predicted molar refractivity (Wildman–Crippen MR) is 55.4 cm³/mol. The van der Waals surface area contributed by atoms with Crippen LogP contribution in [0.25, 0.3) is 0 Å². The van der Waals surface area contributed by atoms with Crippen LogP contribution in [0.2, 0.25) is 10.0 Å². The average Bonchev–Trinajstić information content (AvgIpc) is 2.20. The lowest BCUT2D eigenvalue weighted by atomic mass is 10.1. The molecule has 1 rings (SSSR count). The number of methoxy groups -OCH3 is 1. The van der Waals surface area contributed by atoms with Crippen molar-refractivity contribution in [2.75, 3.05) is 7.11 Å². The largest absolute Gasteiger partial charge is 0.468 e. The van der Waals surface area contributed by atoms with Gasteiger partial charge in [-0.2, -0.15) is 0 Å². The number of nitrogens with two attached hydrogens (primary N) is 1. The molecule has 0 aromatic heterocycles. The monoisotopic (exact) mass is 233 g/mol. The molecule has 0 spiro atoms. The summed E-state index contributed by atoms with van der Waals surface area (Å²) < 4.78 is 4.50. The smallest absolute Gasteiger partial charge is 0.327 e. The van der Waals surface area contributed by atoms with Crippen LogP contribution in [-0.2, 0) is 9.53 Å². The molecule has 0 saturated heterocycles. The summed E-state index contributed by atoms with van der Waals surface area (Å²) in [5, 5.41) is 0.649. The van der Waals surface area contributed by atoms with Crippen LogP contribution in [0.4, 0.5) is 0 Å². The third-order valence-corrected chi connectivity index (χ3v) is 2.61. The molecule has 5 heteroatoms. The molecule has 76 valence electrons. The number of ether oxygens (including phenoxy) is 1. The van der Waals surface area contributed by atoms with Gasteiger partial charge in [0.05, 0.1) is 17.2 Å². The summed E-state index contributed by atoms with van der Waals surface area (Å²) in [6, 6.07) is 4.03. The lowest BCUT2D eigenvalue weighted by Crippen LogP contribution is -2.22. The van der Waals surface area contributed by atoms with Gasteiger partial charge >= 0.3 is 5.97 Å². The van der Waals surface area contributed by atoms with Crippen molar-refractivity contribution in [2.45, 2.75) is 6.04 Å². The van der Waals surface area contributed by atoms with Gasteiger partial charge in [0.25, 0.3) is 0 Å². The molecule has 1 atom stereocenters. The van der Waals surface area contributed by atoms with Crippen molar-refractivity contribution in [1.82, 2.24) is 0 Å². The van der Waals surface area contributed by atoms with Gasteiger partial charge in [-0.3, -0.25) is 4.79 Å². The fourth-order valence-corrected chi connectivity index (χ4v) is 1.44. The number of hydrogen-bond donors (Lipinski definition) is 1. The predicted octanol–water partition coefficient (Wildman–Crippen LogP) is 2.17. The lowest BCUT2D eigenvalue weighted by Gasteiger charge is -2.11. The fraction of sp³-hybridized carbons (Fsp3) is 0.222. The summed E-state index contributed by atoms with van der Waals surface area (Å²) in [5.41, 5.74) is 6.07. The molecule has 1 aromatic rings. The summed E-state index contributed by atoms with van der Waals surface area (Å²) in [6.07, 6.45) is 0. The normalized spacial score (nSPS) is 12.3. The number of rotatable bonds is 2. The molecule has 0 radical (unpaired) electrons. The van der Waals surface area contributed by atoms with Crippen molar-refractivity contribution in [3.63, 3.8) is 0 Å². The zero-order chi connectivity index (χ0) is 10.7. The van der Waals surface area contributed by atoms with Crippen LogP contribution in [0, 0.1) is 0 Å². The minimum atomic E-state index is -0.897. The molecule has 0 bridgehead atoms. The number of carbonyl (C=O) groups is 1. The van der Waals surface area contributed by atoms with Crippen LogP contribution in [0.1, 0.15) is 11.6 Å². The van der Waals surface area contributed by atoms with Crippen LogP contribution < -0.4 is 5.73 Å². The SMILES string of the molecule is COC(=O)[C@@H](N)c1cccc(Cl)c1Cl. The Bertz CT molecular complexity index is 355. The summed E-state index contributed by atoms with van der Waals surface area (Å²) in [7, 11) is 1.26. The van der Waals surface area contributed by atoms with Crippen LogP contribution >= 0.6 is 23.2 Å². The molecule has 0 aliphatic heterocycles. The van der Waals surface area contributed by atoms with Gasteiger partial charge in [0.2, 0.25) is 0 Å². The second kappa shape index (κ2) is 4.64. The standard InChI is InChI=1S/C9H9Cl2NO2/c1-14-9(13)8(12)5-3-2-4-6(10)7(5)11/h2-4,8H,12H2,1H3/t8-/m0/s1. The molecular weight excluding hydrogens is 225 g/mol. The zero-order valence-corrected chi connectivity index (χ0v) is 8.97. The van der Waals surface area contributed by atoms with E-state index in [1.165, 1.54) is 7.11 Å². The van der Waals surface area contributed by atoms with E-state index in [4.69, 9.17) is 28.9 Å². The molecule has 0 aliphatic rings. The number of hydrogen-bond acceptors (Lipinski definition) is 3. The quantitative estimate of drug-likeness (QED) is 0.797. The number of esters is 1. The van der Waals surface area contributed by atoms with Gasteiger partial charge in [0.15, 0.2) is 0 Å². The van der Waals surface area contributed by atoms with Crippen LogP contribution in [0.5, 0.6) is 0 Å². The highest BCUT2D eigenvalue weighted by Crippen LogP contribution is 2.29. The maximum atomic E-state index is 11.1. The summed E-state index contributed by atoms with van der Waals surface area (Å²) >= 11 is 11.6. The number of carbonyl (C=O) groups excluding carboxylic acids is 1. The van der Waals surface area contributed by atoms with Crippen molar-refractivity contribution < 1.29 is 9.53 Å². The van der Waals surface area contributed by atoms with Gasteiger partial charge in [0, 0.05) is 5.56 Å². The van der Waals surface area contributed by atoms with Gasteiger partial charge in [-0.1, -0.05) is 35.3 Å². The molecular formula is C9H9Cl2NO2. The van der Waals surface area contributed by atoms with E-state index in [1.54, 1.807) is 18.2 Å². The van der Waals surface area contributed by atoms with E-state index in [2.05, 4.69) is 4.74 Å². The molecule has 0 unspecified atom stereocenters. The Balaban J connectivity index is 3.07. The Morgan fingerprint density at radius 1 is 1.50 bits per heavy atom. The molecule has 3 nitrogen and oxygen atoms in total. The molecule has 0 fully saturated rings. The van der Waals surface area contributed by atoms with E-state index < -0.39 is 12.0 Å². The van der Waals surface area contributed by atoms with E-state index in [-0.39, 0.29) is 5.02 Å². The van der Waals surface area contributed by atoms with Gasteiger partial charge < -0.3 is 10.5 Å². The molecule has 0 heterocycles. The Labute approximate surface area is 91.7 Å². The summed E-state index contributed by atoms with van der Waals surface area (Å²) in [5.74, 6) is -0.547. The number of halogens is 2. The van der Waals surface area contributed by atoms with Crippen LogP contribution in [0.3, 0.4) is 0 Å². The van der Waals surface area contributed by atoms with Crippen LogP contribution in [-0.4, -0.2) is 13.1 Å². The minimum absolute atomic E-state index is 0.284. The molecule has 1 aromatic carbocycles. The second-order valence-corrected chi connectivity index (χ2v) is 3.43. The fourth-order valence-electron chi connectivity index (χ4n) is 1.01. The van der Waals surface area contributed by atoms with Gasteiger partial charge in [-0.15, -0.1) is 0 Å². The highest BCUT2D eigenvalue weighted by atomic mass is 35.5. The average molecular weight is 234 g/mol. The number of benzene rings is 1. The zero-order valence-electron chi connectivity index (χ0n) is 7.46. The molecule has 0 amide bonds. The van der Waals surface area contributed by atoms with Crippen molar-refractivity contribution in [2.24, 2.45) is 5.73 Å². The van der Waals surface area contributed by atoms with Crippen molar-refractivity contribution >= 4 is 29.2 Å². The Morgan fingerprint density at radius 2 is 2.14 bits per heavy atom. The molecule has 2 N–H and O–H groups in total. The van der Waals surface area contributed by atoms with Gasteiger partial charge in [-0.25, -0.2) is 0 Å². The van der Waals surface area contributed by atoms with E-state index in [0.29, 0.717) is 10.6 Å². The maximum Gasteiger partial charge on any atom is 0.327 e. The first-order valence-corrected chi connectivity index (χ1v) is 4.61. The first kappa shape index (κ1) is 11.3. The van der Waals surface area contributed by atoms with Gasteiger partial charge in [0.1, 0.15) is 6.04 Å². The first-order chi connectivity index (χ1) is 6.57. The minimum Gasteiger partial charge on any atom is -0.468 e. The van der Waals surface area contributed by atoms with Crippen molar-refractivity contribution in [3.8, 4) is 0 Å². The lowest BCUT2D eigenvalue weighted by molar-refractivity contribution is -0.142. The Kier molecular flexibility index (Phi) is 3.75. The second-order valence-electron chi connectivity index (χ2n) is 2.64. The Morgan fingerprint density at radius 3 is 2.71 bits per heavy atom. The maximum absolute atomic E-state index is 11.1. The third kappa shape index (κ3) is 2.18. The van der Waals surface area contributed by atoms with Crippen LogP contribution in [0.15, 0.2) is 18.2 Å². The van der Waals surface area contributed by atoms with E-state index in [9.17, 15) is 4.79 Å². The topological polar surface area (TPSA) is 52.3 Å². The summed E-state index contributed by atoms with van der Waals surface area (Å²) in [6.45, 7) is 0. The highest BCUT2D eigenvalue weighted by molar-refractivity contribution is 6.42. The van der Waals surface area contributed by atoms with E-state index >= 15 is 0 Å².